The Hall–Kier alpha value is -1.81. The first-order valence-corrected chi connectivity index (χ1v) is 7.20. The van der Waals surface area contributed by atoms with Crippen LogP contribution >= 0.6 is 0 Å². The van der Waals surface area contributed by atoms with E-state index in [4.69, 9.17) is 4.74 Å². The summed E-state index contributed by atoms with van der Waals surface area (Å²) in [6, 6.07) is 8.30. The minimum atomic E-state index is 0.0390. The molecule has 1 aliphatic heterocycles. The Bertz CT molecular complexity index is 676. The van der Waals surface area contributed by atoms with Crippen LogP contribution in [0.3, 0.4) is 0 Å². The van der Waals surface area contributed by atoms with Crippen molar-refractivity contribution in [2.24, 2.45) is 13.0 Å². The second kappa shape index (κ2) is 4.35. The lowest BCUT2D eigenvalue weighted by molar-refractivity contribution is 0.00812. The molecule has 2 heterocycles. The number of hydrogen-bond acceptors (Lipinski definition) is 2. The highest BCUT2D eigenvalue weighted by molar-refractivity contribution is 6.07. The van der Waals surface area contributed by atoms with Crippen molar-refractivity contribution in [2.75, 3.05) is 6.61 Å². The standard InChI is InChI=1S/C16H18N2O2/c1-18-9-12(10-4-2-3-5-14(10)18)16(19)17-13-8-15-11(13)6-7-20-15/h2-5,9,11,13,15H,6-8H2,1H3,(H,17,19)/t11-,13+,15+/m1/s1. The van der Waals surface area contributed by atoms with Gasteiger partial charge in [-0.25, -0.2) is 0 Å². The quantitative estimate of drug-likeness (QED) is 0.908. The van der Waals surface area contributed by atoms with Gasteiger partial charge in [-0.1, -0.05) is 18.2 Å². The van der Waals surface area contributed by atoms with Crippen molar-refractivity contribution in [3.63, 3.8) is 0 Å². The van der Waals surface area contributed by atoms with E-state index in [2.05, 4.69) is 5.32 Å². The maximum atomic E-state index is 12.5. The minimum Gasteiger partial charge on any atom is -0.378 e. The van der Waals surface area contributed by atoms with Gasteiger partial charge < -0.3 is 14.6 Å². The van der Waals surface area contributed by atoms with E-state index in [1.54, 1.807) is 0 Å². The highest BCUT2D eigenvalue weighted by atomic mass is 16.5. The molecule has 2 fully saturated rings. The molecule has 1 aromatic heterocycles. The van der Waals surface area contributed by atoms with Gasteiger partial charge in [0.05, 0.1) is 11.7 Å². The molecule has 104 valence electrons. The Balaban J connectivity index is 1.58. The number of aromatic nitrogens is 1. The van der Waals surface area contributed by atoms with Gasteiger partial charge in [0.1, 0.15) is 0 Å². The van der Waals surface area contributed by atoms with Crippen LogP contribution in [0.25, 0.3) is 10.9 Å². The number of carbonyl (C=O) groups excluding carboxylic acids is 1. The summed E-state index contributed by atoms with van der Waals surface area (Å²) in [7, 11) is 1.98. The zero-order valence-electron chi connectivity index (χ0n) is 11.5. The average Bonchev–Trinajstić information content (AvgIpc) is 2.98. The van der Waals surface area contributed by atoms with Gasteiger partial charge in [-0.15, -0.1) is 0 Å². The summed E-state index contributed by atoms with van der Waals surface area (Å²) in [4.78, 5) is 12.5. The van der Waals surface area contributed by atoms with Crippen molar-refractivity contribution in [1.82, 2.24) is 9.88 Å². The molecule has 0 unspecified atom stereocenters. The Kier molecular flexibility index (Phi) is 2.60. The van der Waals surface area contributed by atoms with Crippen molar-refractivity contribution in [1.29, 1.82) is 0 Å². The lowest BCUT2D eigenvalue weighted by Crippen LogP contribution is -2.53. The molecule has 4 nitrogen and oxygen atoms in total. The highest BCUT2D eigenvalue weighted by Gasteiger charge is 2.45. The molecule has 3 atom stereocenters. The molecule has 0 bridgehead atoms. The third kappa shape index (κ3) is 1.68. The van der Waals surface area contributed by atoms with Gasteiger partial charge in [-0.05, 0) is 18.9 Å². The van der Waals surface area contributed by atoms with Crippen LogP contribution in [-0.2, 0) is 11.8 Å². The zero-order chi connectivity index (χ0) is 13.7. The van der Waals surface area contributed by atoms with Gasteiger partial charge in [0.15, 0.2) is 0 Å². The predicted molar refractivity (Wildman–Crippen MR) is 76.6 cm³/mol. The summed E-state index contributed by atoms with van der Waals surface area (Å²) < 4.78 is 7.59. The number of nitrogens with zero attached hydrogens (tertiary/aromatic N) is 1. The normalized spacial score (nSPS) is 28.1. The maximum absolute atomic E-state index is 12.5. The molecule has 1 aliphatic carbocycles. The molecule has 1 aromatic carbocycles. The number of nitrogens with one attached hydrogen (secondary N) is 1. The number of amides is 1. The maximum Gasteiger partial charge on any atom is 0.253 e. The van der Waals surface area contributed by atoms with Crippen molar-refractivity contribution in [3.8, 4) is 0 Å². The van der Waals surface area contributed by atoms with Crippen LogP contribution < -0.4 is 5.32 Å². The molecular weight excluding hydrogens is 252 g/mol. The molecule has 2 aliphatic rings. The van der Waals surface area contributed by atoms with Crippen molar-refractivity contribution in [2.45, 2.75) is 25.0 Å². The number of rotatable bonds is 2. The number of ether oxygens (including phenoxy) is 1. The molecule has 1 saturated heterocycles. The molecule has 1 N–H and O–H groups in total. The first kappa shape index (κ1) is 12.0. The fourth-order valence-corrected chi connectivity index (χ4v) is 3.53. The highest BCUT2D eigenvalue weighted by Crippen LogP contribution is 2.38. The number of aryl methyl sites for hydroxylation is 1. The fraction of sp³-hybridized carbons (Fsp3) is 0.438. The molecule has 1 saturated carbocycles. The van der Waals surface area contributed by atoms with Crippen molar-refractivity contribution < 1.29 is 9.53 Å². The van der Waals surface area contributed by atoms with E-state index in [9.17, 15) is 4.79 Å². The SMILES string of the molecule is Cn1cc(C(=O)N[C@H]2C[C@@H]3OCC[C@H]23)c2ccccc21. The number of benzene rings is 1. The van der Waals surface area contributed by atoms with Crippen LogP contribution in [0.5, 0.6) is 0 Å². The summed E-state index contributed by atoms with van der Waals surface area (Å²) in [5, 5.41) is 4.20. The van der Waals surface area contributed by atoms with Gasteiger partial charge in [0.25, 0.3) is 5.91 Å². The predicted octanol–water partition coefficient (Wildman–Crippen LogP) is 2.09. The first-order chi connectivity index (χ1) is 9.74. The second-order valence-corrected chi connectivity index (χ2v) is 5.85. The van der Waals surface area contributed by atoms with Crippen LogP contribution in [0.1, 0.15) is 23.2 Å². The van der Waals surface area contributed by atoms with E-state index in [1.807, 2.05) is 42.1 Å². The van der Waals surface area contributed by atoms with Gasteiger partial charge in [0.2, 0.25) is 0 Å². The lowest BCUT2D eigenvalue weighted by atomic mass is 9.76. The van der Waals surface area contributed by atoms with Crippen molar-refractivity contribution in [3.05, 3.63) is 36.0 Å². The number of fused-ring (bicyclic) bond motifs is 2. The Morgan fingerprint density at radius 1 is 1.40 bits per heavy atom. The summed E-state index contributed by atoms with van der Waals surface area (Å²) in [5.74, 6) is 0.561. The Labute approximate surface area is 117 Å². The van der Waals surface area contributed by atoms with Gasteiger partial charge in [-0.3, -0.25) is 4.79 Å². The summed E-state index contributed by atoms with van der Waals surface area (Å²) in [5.41, 5.74) is 1.86. The fourth-order valence-electron chi connectivity index (χ4n) is 3.53. The topological polar surface area (TPSA) is 43.3 Å². The Morgan fingerprint density at radius 2 is 2.25 bits per heavy atom. The van der Waals surface area contributed by atoms with Gasteiger partial charge in [0, 0.05) is 42.7 Å². The van der Waals surface area contributed by atoms with E-state index in [0.29, 0.717) is 12.0 Å². The zero-order valence-corrected chi connectivity index (χ0v) is 11.5. The Morgan fingerprint density at radius 3 is 3.10 bits per heavy atom. The smallest absolute Gasteiger partial charge is 0.253 e. The molecule has 1 amide bonds. The monoisotopic (exact) mass is 270 g/mol. The largest absolute Gasteiger partial charge is 0.378 e. The number of hydrogen-bond donors (Lipinski definition) is 1. The van der Waals surface area contributed by atoms with Crippen LogP contribution in [-0.4, -0.2) is 29.2 Å². The summed E-state index contributed by atoms with van der Waals surface area (Å²) in [6.07, 6.45) is 4.33. The van der Waals surface area contributed by atoms with Gasteiger partial charge >= 0.3 is 0 Å². The van der Waals surface area contributed by atoms with E-state index in [1.165, 1.54) is 0 Å². The van der Waals surface area contributed by atoms with E-state index in [-0.39, 0.29) is 11.9 Å². The summed E-state index contributed by atoms with van der Waals surface area (Å²) in [6.45, 7) is 0.843. The molecule has 4 rings (SSSR count). The van der Waals surface area contributed by atoms with E-state index >= 15 is 0 Å². The first-order valence-electron chi connectivity index (χ1n) is 7.20. The number of carbonyl (C=O) groups is 1. The van der Waals surface area contributed by atoms with Crippen LogP contribution in [0, 0.1) is 5.92 Å². The molecule has 0 radical (unpaired) electrons. The second-order valence-electron chi connectivity index (χ2n) is 5.85. The lowest BCUT2D eigenvalue weighted by Gasteiger charge is -2.39. The number of para-hydroxylation sites is 1. The van der Waals surface area contributed by atoms with Crippen LogP contribution in [0.2, 0.25) is 0 Å². The van der Waals surface area contributed by atoms with Gasteiger partial charge in [-0.2, -0.15) is 0 Å². The third-order valence-corrected chi connectivity index (χ3v) is 4.72. The molecule has 2 aromatic rings. The third-order valence-electron chi connectivity index (χ3n) is 4.72. The van der Waals surface area contributed by atoms with Crippen LogP contribution in [0.4, 0.5) is 0 Å². The molecular formula is C16H18N2O2. The minimum absolute atomic E-state index is 0.0390. The van der Waals surface area contributed by atoms with E-state index < -0.39 is 0 Å². The van der Waals surface area contributed by atoms with E-state index in [0.717, 1.165) is 35.9 Å². The molecule has 20 heavy (non-hydrogen) atoms. The molecule has 4 heteroatoms. The van der Waals surface area contributed by atoms with Crippen LogP contribution in [0.15, 0.2) is 30.5 Å². The average molecular weight is 270 g/mol. The molecule has 0 spiro atoms. The summed E-state index contributed by atoms with van der Waals surface area (Å²) >= 11 is 0. The van der Waals surface area contributed by atoms with Crippen molar-refractivity contribution >= 4 is 16.8 Å².